The molecule has 1 atom stereocenters. The minimum atomic E-state index is -3.31. The van der Waals surface area contributed by atoms with Crippen LogP contribution in [0.4, 0.5) is 5.69 Å². The van der Waals surface area contributed by atoms with E-state index in [1.807, 2.05) is 0 Å². The van der Waals surface area contributed by atoms with Crippen LogP contribution in [0.3, 0.4) is 0 Å². The molecule has 0 radical (unpaired) electrons. The van der Waals surface area contributed by atoms with Gasteiger partial charge in [0, 0.05) is 12.9 Å². The monoisotopic (exact) mass is 270 g/mol. The second-order valence-corrected chi connectivity index (χ2v) is 6.11. The molecule has 98 valence electrons. The lowest BCUT2D eigenvalue weighted by Gasteiger charge is -2.10. The molecule has 0 aromatic carbocycles. The Morgan fingerprint density at radius 3 is 2.78 bits per heavy atom. The van der Waals surface area contributed by atoms with Gasteiger partial charge in [0.25, 0.3) is 5.91 Å². The summed E-state index contributed by atoms with van der Waals surface area (Å²) in [5, 5.41) is 2.63. The summed E-state index contributed by atoms with van der Waals surface area (Å²) in [6.45, 7) is 0.601. The molecule has 0 spiro atoms. The number of nitrogens with zero attached hydrogens (tertiary/aromatic N) is 1. The summed E-state index contributed by atoms with van der Waals surface area (Å²) in [5.41, 5.74) is 0.461. The minimum absolute atomic E-state index is 0.0161. The van der Waals surface area contributed by atoms with Crippen LogP contribution in [0.15, 0.2) is 23.4 Å². The summed E-state index contributed by atoms with van der Waals surface area (Å²) in [7, 11) is -3.31. The summed E-state index contributed by atoms with van der Waals surface area (Å²) in [5.74, 6) is -0.221. The molecule has 1 fully saturated rings. The highest BCUT2D eigenvalue weighted by molar-refractivity contribution is 7.90. The van der Waals surface area contributed by atoms with Crippen LogP contribution in [0.5, 0.6) is 0 Å². The van der Waals surface area contributed by atoms with Crippen molar-refractivity contribution in [3.63, 3.8) is 0 Å². The second kappa shape index (κ2) is 5.03. The van der Waals surface area contributed by atoms with Crippen LogP contribution in [-0.2, 0) is 19.4 Å². The van der Waals surface area contributed by atoms with Crippen LogP contribution in [0, 0.1) is 0 Å². The lowest BCUT2D eigenvalue weighted by molar-refractivity contribution is -0.124. The number of pyridine rings is 1. The molecule has 2 rings (SSSR count). The van der Waals surface area contributed by atoms with E-state index in [0.717, 1.165) is 12.7 Å². The van der Waals surface area contributed by atoms with Gasteiger partial charge in [-0.1, -0.05) is 0 Å². The first kappa shape index (κ1) is 13.0. The average molecular weight is 270 g/mol. The maximum Gasteiger partial charge on any atom is 0.253 e. The predicted molar refractivity (Wildman–Crippen MR) is 65.0 cm³/mol. The zero-order valence-electron chi connectivity index (χ0n) is 9.92. The van der Waals surface area contributed by atoms with Crippen LogP contribution in [0.1, 0.15) is 12.8 Å². The van der Waals surface area contributed by atoms with Gasteiger partial charge in [-0.25, -0.2) is 13.4 Å². The highest BCUT2D eigenvalue weighted by Crippen LogP contribution is 2.15. The zero-order chi connectivity index (χ0) is 13.2. The topological polar surface area (TPSA) is 85.4 Å². The number of amides is 1. The molecule has 0 aliphatic carbocycles. The summed E-state index contributed by atoms with van der Waals surface area (Å²) in [4.78, 5) is 15.5. The molecule has 0 saturated carbocycles. The first-order valence-corrected chi connectivity index (χ1v) is 7.44. The van der Waals surface area contributed by atoms with Crippen molar-refractivity contribution in [2.45, 2.75) is 24.0 Å². The van der Waals surface area contributed by atoms with Crippen LogP contribution < -0.4 is 5.32 Å². The summed E-state index contributed by atoms with van der Waals surface area (Å²) in [6.07, 6.45) is 3.58. The zero-order valence-corrected chi connectivity index (χ0v) is 10.7. The molecule has 1 saturated heterocycles. The Hall–Kier alpha value is -1.47. The van der Waals surface area contributed by atoms with Crippen LogP contribution in [-0.4, -0.2) is 38.3 Å². The van der Waals surface area contributed by atoms with E-state index in [2.05, 4.69) is 10.3 Å². The molecule has 1 amide bonds. The average Bonchev–Trinajstić information content (AvgIpc) is 2.82. The van der Waals surface area contributed by atoms with Gasteiger partial charge in [-0.05, 0) is 25.0 Å². The fourth-order valence-electron chi connectivity index (χ4n) is 1.68. The standard InChI is InChI=1S/C11H14N2O4S/c1-18(15,16)10-5-4-8(7-12-10)13-11(14)9-3-2-6-17-9/h4-5,7,9H,2-3,6H2,1H3,(H,13,14). The molecule has 1 aromatic heterocycles. The molecule has 1 aliphatic rings. The number of carbonyl (C=O) groups is 1. The van der Waals surface area contributed by atoms with Gasteiger partial charge in [-0.15, -0.1) is 0 Å². The van der Waals surface area contributed by atoms with Gasteiger partial charge in [-0.2, -0.15) is 0 Å². The lowest BCUT2D eigenvalue weighted by Crippen LogP contribution is -2.26. The van der Waals surface area contributed by atoms with E-state index < -0.39 is 15.9 Å². The van der Waals surface area contributed by atoms with E-state index in [1.54, 1.807) is 0 Å². The van der Waals surface area contributed by atoms with E-state index in [4.69, 9.17) is 4.74 Å². The summed E-state index contributed by atoms with van der Waals surface area (Å²) in [6, 6.07) is 2.87. The second-order valence-electron chi connectivity index (χ2n) is 4.15. The van der Waals surface area contributed by atoms with Gasteiger partial charge in [0.1, 0.15) is 6.10 Å². The van der Waals surface area contributed by atoms with Gasteiger partial charge >= 0.3 is 0 Å². The Balaban J connectivity index is 2.04. The van der Waals surface area contributed by atoms with Crippen molar-refractivity contribution >= 4 is 21.4 Å². The molecule has 7 heteroatoms. The molecular weight excluding hydrogens is 256 g/mol. The van der Waals surface area contributed by atoms with Gasteiger partial charge in [0.2, 0.25) is 0 Å². The first-order valence-electron chi connectivity index (χ1n) is 5.55. The lowest BCUT2D eigenvalue weighted by atomic mass is 10.2. The molecular formula is C11H14N2O4S. The van der Waals surface area contributed by atoms with E-state index in [-0.39, 0.29) is 10.9 Å². The SMILES string of the molecule is CS(=O)(=O)c1ccc(NC(=O)C2CCCO2)cn1. The molecule has 18 heavy (non-hydrogen) atoms. The van der Waals surface area contributed by atoms with E-state index in [1.165, 1.54) is 18.3 Å². The number of rotatable bonds is 3. The Morgan fingerprint density at radius 1 is 1.50 bits per heavy atom. The highest BCUT2D eigenvalue weighted by Gasteiger charge is 2.23. The third-order valence-electron chi connectivity index (χ3n) is 2.61. The number of sulfone groups is 1. The fraction of sp³-hybridized carbons (Fsp3) is 0.455. The van der Waals surface area contributed by atoms with Gasteiger partial charge in [0.15, 0.2) is 14.9 Å². The van der Waals surface area contributed by atoms with Crippen molar-refractivity contribution in [1.29, 1.82) is 0 Å². The highest BCUT2D eigenvalue weighted by atomic mass is 32.2. The number of aromatic nitrogens is 1. The molecule has 2 heterocycles. The Bertz CT molecular complexity index is 533. The smallest absolute Gasteiger partial charge is 0.253 e. The minimum Gasteiger partial charge on any atom is -0.368 e. The molecule has 1 unspecified atom stereocenters. The van der Waals surface area contributed by atoms with Crippen LogP contribution in [0.25, 0.3) is 0 Å². The number of hydrogen-bond donors (Lipinski definition) is 1. The number of anilines is 1. The van der Waals surface area contributed by atoms with E-state index in [9.17, 15) is 13.2 Å². The Kier molecular flexibility index (Phi) is 3.63. The van der Waals surface area contributed by atoms with Crippen molar-refractivity contribution < 1.29 is 17.9 Å². The molecule has 1 aliphatic heterocycles. The molecule has 1 N–H and O–H groups in total. The summed E-state index contributed by atoms with van der Waals surface area (Å²) >= 11 is 0. The van der Waals surface area contributed by atoms with Crippen LogP contribution in [0.2, 0.25) is 0 Å². The van der Waals surface area contributed by atoms with Gasteiger partial charge < -0.3 is 10.1 Å². The molecule has 0 bridgehead atoms. The third kappa shape index (κ3) is 3.05. The fourth-order valence-corrected chi connectivity index (χ4v) is 2.24. The Morgan fingerprint density at radius 2 is 2.28 bits per heavy atom. The Labute approximate surface area is 105 Å². The van der Waals surface area contributed by atoms with Crippen molar-refractivity contribution in [3.05, 3.63) is 18.3 Å². The summed E-state index contributed by atoms with van der Waals surface area (Å²) < 4.78 is 27.6. The number of carbonyl (C=O) groups excluding carboxylic acids is 1. The maximum absolute atomic E-state index is 11.7. The first-order chi connectivity index (χ1) is 8.47. The largest absolute Gasteiger partial charge is 0.368 e. The quantitative estimate of drug-likeness (QED) is 0.869. The van der Waals surface area contributed by atoms with Crippen molar-refractivity contribution in [3.8, 4) is 0 Å². The van der Waals surface area contributed by atoms with Crippen LogP contribution >= 0.6 is 0 Å². The van der Waals surface area contributed by atoms with Crippen molar-refractivity contribution in [2.75, 3.05) is 18.2 Å². The number of hydrogen-bond acceptors (Lipinski definition) is 5. The van der Waals surface area contributed by atoms with Gasteiger partial charge in [0.05, 0.1) is 11.9 Å². The van der Waals surface area contributed by atoms with Crippen molar-refractivity contribution in [2.24, 2.45) is 0 Å². The maximum atomic E-state index is 11.7. The van der Waals surface area contributed by atoms with Gasteiger partial charge in [-0.3, -0.25) is 4.79 Å². The van der Waals surface area contributed by atoms with E-state index >= 15 is 0 Å². The van der Waals surface area contributed by atoms with E-state index in [0.29, 0.717) is 18.7 Å². The molecule has 1 aromatic rings. The predicted octanol–water partition coefficient (Wildman–Crippen LogP) is 0.603. The molecule has 6 nitrogen and oxygen atoms in total. The van der Waals surface area contributed by atoms with Crippen molar-refractivity contribution in [1.82, 2.24) is 4.98 Å². The third-order valence-corrected chi connectivity index (χ3v) is 3.61. The number of ether oxygens (including phenoxy) is 1. The normalized spacial score (nSPS) is 19.7. The number of nitrogens with one attached hydrogen (secondary N) is 1.